The number of carbonyl (C=O) groups is 1. The van der Waals surface area contributed by atoms with Crippen LogP contribution in [0, 0.1) is 5.92 Å². The summed E-state index contributed by atoms with van der Waals surface area (Å²) in [5, 5.41) is 16.4. The van der Waals surface area contributed by atoms with Gasteiger partial charge in [-0.05, 0) is 25.0 Å². The van der Waals surface area contributed by atoms with E-state index < -0.39 is 6.10 Å². The lowest BCUT2D eigenvalue weighted by atomic mass is 10.0. The predicted octanol–water partition coefficient (Wildman–Crippen LogP) is 3.20. The van der Waals surface area contributed by atoms with E-state index in [0.717, 1.165) is 17.4 Å². The molecule has 22 heavy (non-hydrogen) atoms. The van der Waals surface area contributed by atoms with Crippen molar-refractivity contribution in [2.75, 3.05) is 6.54 Å². The van der Waals surface area contributed by atoms with E-state index in [2.05, 4.69) is 10.6 Å². The molecular formula is C17H24N2O3. The number of benzene rings is 1. The fourth-order valence-corrected chi connectivity index (χ4v) is 2.21. The van der Waals surface area contributed by atoms with Crippen LogP contribution in [0.4, 0.5) is 4.79 Å². The van der Waals surface area contributed by atoms with Crippen molar-refractivity contribution < 1.29 is 14.3 Å². The molecule has 3 N–H and O–H groups in total. The van der Waals surface area contributed by atoms with Gasteiger partial charge in [0.05, 0.1) is 12.1 Å². The molecule has 0 aliphatic rings. The highest BCUT2D eigenvalue weighted by Gasteiger charge is 2.16. The molecular weight excluding hydrogens is 280 g/mol. The summed E-state index contributed by atoms with van der Waals surface area (Å²) < 4.78 is 5.72. The Morgan fingerprint density at radius 3 is 2.73 bits per heavy atom. The van der Waals surface area contributed by atoms with Crippen LogP contribution in [0.2, 0.25) is 0 Å². The second kappa shape index (κ2) is 7.31. The SMILES string of the molecule is CCC(C)C(O)CNC(=O)NC(C)c1cc2ccccc2o1. The van der Waals surface area contributed by atoms with E-state index in [1.807, 2.05) is 51.1 Å². The summed E-state index contributed by atoms with van der Waals surface area (Å²) in [6.07, 6.45) is 0.345. The van der Waals surface area contributed by atoms with Crippen molar-refractivity contribution in [1.29, 1.82) is 0 Å². The fourth-order valence-electron chi connectivity index (χ4n) is 2.21. The number of nitrogens with one attached hydrogen (secondary N) is 2. The Hall–Kier alpha value is -2.01. The Balaban J connectivity index is 1.88. The molecule has 0 spiro atoms. The van der Waals surface area contributed by atoms with E-state index >= 15 is 0 Å². The number of hydrogen-bond acceptors (Lipinski definition) is 3. The molecule has 1 aromatic heterocycles. The highest BCUT2D eigenvalue weighted by Crippen LogP contribution is 2.23. The van der Waals surface area contributed by atoms with Crippen molar-refractivity contribution >= 4 is 17.0 Å². The minimum absolute atomic E-state index is 0.160. The number of rotatable bonds is 6. The highest BCUT2D eigenvalue weighted by atomic mass is 16.3. The predicted molar refractivity (Wildman–Crippen MR) is 86.6 cm³/mol. The molecule has 0 bridgehead atoms. The second-order valence-electron chi connectivity index (χ2n) is 5.72. The average Bonchev–Trinajstić information content (AvgIpc) is 2.95. The van der Waals surface area contributed by atoms with Crippen LogP contribution in [0.1, 0.15) is 39.0 Å². The number of para-hydroxylation sites is 1. The minimum Gasteiger partial charge on any atom is -0.459 e. The average molecular weight is 304 g/mol. The van der Waals surface area contributed by atoms with E-state index in [4.69, 9.17) is 4.42 Å². The number of urea groups is 1. The molecule has 0 radical (unpaired) electrons. The number of aliphatic hydroxyl groups excluding tert-OH is 1. The van der Waals surface area contributed by atoms with Gasteiger partial charge in [0, 0.05) is 11.9 Å². The molecule has 3 atom stereocenters. The van der Waals surface area contributed by atoms with Crippen molar-refractivity contribution in [2.24, 2.45) is 5.92 Å². The third kappa shape index (κ3) is 4.01. The maximum Gasteiger partial charge on any atom is 0.315 e. The Bertz CT molecular complexity index is 590. The smallest absolute Gasteiger partial charge is 0.315 e. The first-order valence-corrected chi connectivity index (χ1v) is 7.72. The maximum atomic E-state index is 11.9. The molecule has 0 saturated carbocycles. The Kier molecular flexibility index (Phi) is 5.44. The van der Waals surface area contributed by atoms with Crippen LogP contribution in [0.5, 0.6) is 0 Å². The summed E-state index contributed by atoms with van der Waals surface area (Å²) in [6.45, 7) is 6.08. The van der Waals surface area contributed by atoms with Crippen LogP contribution in [-0.2, 0) is 0 Å². The number of amides is 2. The van der Waals surface area contributed by atoms with E-state index in [1.165, 1.54) is 0 Å². The lowest BCUT2D eigenvalue weighted by molar-refractivity contribution is 0.114. The molecule has 0 saturated heterocycles. The van der Waals surface area contributed by atoms with Crippen LogP contribution in [0.15, 0.2) is 34.7 Å². The van der Waals surface area contributed by atoms with E-state index in [1.54, 1.807) is 0 Å². The van der Waals surface area contributed by atoms with Gasteiger partial charge < -0.3 is 20.2 Å². The van der Waals surface area contributed by atoms with Gasteiger partial charge in [0.2, 0.25) is 0 Å². The van der Waals surface area contributed by atoms with E-state index in [-0.39, 0.29) is 24.5 Å². The zero-order chi connectivity index (χ0) is 16.1. The molecule has 2 aromatic rings. The standard InChI is InChI=1S/C17H24N2O3/c1-4-11(2)14(20)10-18-17(21)19-12(3)16-9-13-7-5-6-8-15(13)22-16/h5-9,11-12,14,20H,4,10H2,1-3H3,(H2,18,19,21). The van der Waals surface area contributed by atoms with Gasteiger partial charge in [0.1, 0.15) is 11.3 Å². The largest absolute Gasteiger partial charge is 0.459 e. The van der Waals surface area contributed by atoms with Crippen LogP contribution in [-0.4, -0.2) is 23.8 Å². The van der Waals surface area contributed by atoms with Crippen LogP contribution in [0.25, 0.3) is 11.0 Å². The molecule has 2 amide bonds. The van der Waals surface area contributed by atoms with Gasteiger partial charge in [0.15, 0.2) is 0 Å². The number of fused-ring (bicyclic) bond motifs is 1. The highest BCUT2D eigenvalue weighted by molar-refractivity contribution is 5.78. The Labute approximate surface area is 130 Å². The van der Waals surface area contributed by atoms with Crippen molar-refractivity contribution in [3.05, 3.63) is 36.1 Å². The van der Waals surface area contributed by atoms with Gasteiger partial charge in [0.25, 0.3) is 0 Å². The lowest BCUT2D eigenvalue weighted by Crippen LogP contribution is -2.42. The van der Waals surface area contributed by atoms with E-state index in [9.17, 15) is 9.90 Å². The van der Waals surface area contributed by atoms with Gasteiger partial charge >= 0.3 is 6.03 Å². The van der Waals surface area contributed by atoms with Gasteiger partial charge in [-0.15, -0.1) is 0 Å². The van der Waals surface area contributed by atoms with Crippen molar-refractivity contribution in [3.63, 3.8) is 0 Å². The van der Waals surface area contributed by atoms with Gasteiger partial charge in [-0.25, -0.2) is 4.79 Å². The number of furan rings is 1. The molecule has 120 valence electrons. The summed E-state index contributed by atoms with van der Waals surface area (Å²) in [5.41, 5.74) is 0.804. The third-order valence-electron chi connectivity index (χ3n) is 3.99. The van der Waals surface area contributed by atoms with Crippen LogP contribution in [0.3, 0.4) is 0 Å². The first-order chi connectivity index (χ1) is 10.5. The molecule has 1 aromatic carbocycles. The van der Waals surface area contributed by atoms with Crippen LogP contribution < -0.4 is 10.6 Å². The Morgan fingerprint density at radius 2 is 2.05 bits per heavy atom. The molecule has 0 aliphatic carbocycles. The van der Waals surface area contributed by atoms with Crippen molar-refractivity contribution in [1.82, 2.24) is 10.6 Å². The number of hydrogen-bond donors (Lipinski definition) is 3. The molecule has 5 heteroatoms. The summed E-state index contributed by atoms with van der Waals surface area (Å²) in [7, 11) is 0. The summed E-state index contributed by atoms with van der Waals surface area (Å²) in [6, 6.07) is 9.10. The third-order valence-corrected chi connectivity index (χ3v) is 3.99. The maximum absolute atomic E-state index is 11.9. The topological polar surface area (TPSA) is 74.5 Å². The zero-order valence-electron chi connectivity index (χ0n) is 13.3. The van der Waals surface area contributed by atoms with Crippen molar-refractivity contribution in [2.45, 2.75) is 39.3 Å². The summed E-state index contributed by atoms with van der Waals surface area (Å²) >= 11 is 0. The first kappa shape index (κ1) is 16.4. The zero-order valence-corrected chi connectivity index (χ0v) is 13.3. The van der Waals surface area contributed by atoms with Gasteiger partial charge in [-0.3, -0.25) is 0 Å². The summed E-state index contributed by atoms with van der Waals surface area (Å²) in [4.78, 5) is 11.9. The molecule has 0 fully saturated rings. The van der Waals surface area contributed by atoms with Crippen molar-refractivity contribution in [3.8, 4) is 0 Å². The quantitative estimate of drug-likeness (QED) is 0.767. The fraction of sp³-hybridized carbons (Fsp3) is 0.471. The number of carbonyl (C=O) groups excluding carboxylic acids is 1. The molecule has 2 rings (SSSR count). The molecule has 3 unspecified atom stereocenters. The normalized spacial score (nSPS) is 15.3. The van der Waals surface area contributed by atoms with Gasteiger partial charge in [-0.1, -0.05) is 38.5 Å². The molecule has 5 nitrogen and oxygen atoms in total. The first-order valence-electron chi connectivity index (χ1n) is 7.72. The second-order valence-corrected chi connectivity index (χ2v) is 5.72. The van der Waals surface area contributed by atoms with E-state index in [0.29, 0.717) is 5.76 Å². The summed E-state index contributed by atoms with van der Waals surface area (Å²) in [5.74, 6) is 0.868. The lowest BCUT2D eigenvalue weighted by Gasteiger charge is -2.18. The van der Waals surface area contributed by atoms with Crippen LogP contribution >= 0.6 is 0 Å². The van der Waals surface area contributed by atoms with Gasteiger partial charge in [-0.2, -0.15) is 0 Å². The molecule has 0 aliphatic heterocycles. The molecule has 1 heterocycles. The number of aliphatic hydroxyl groups is 1. The minimum atomic E-state index is -0.530. The monoisotopic (exact) mass is 304 g/mol. The Morgan fingerprint density at radius 1 is 1.32 bits per heavy atom.